The Morgan fingerprint density at radius 2 is 1.90 bits per heavy atom. The minimum Gasteiger partial charge on any atom is -0.444 e. The van der Waals surface area contributed by atoms with Crippen LogP contribution in [-0.4, -0.2) is 23.1 Å². The topological polar surface area (TPSA) is 81.4 Å². The summed E-state index contributed by atoms with van der Waals surface area (Å²) in [5.41, 5.74) is 4.82. The van der Waals surface area contributed by atoms with Crippen molar-refractivity contribution in [3.63, 3.8) is 0 Å². The Labute approximate surface area is 118 Å². The lowest BCUT2D eigenvalue weighted by Gasteiger charge is -2.22. The van der Waals surface area contributed by atoms with E-state index in [2.05, 4.69) is 5.32 Å². The van der Waals surface area contributed by atoms with Gasteiger partial charge in [-0.1, -0.05) is 30.3 Å². The number of nitrogens with one attached hydrogen (secondary N) is 1. The number of hydrogen-bond acceptors (Lipinski definition) is 3. The third kappa shape index (κ3) is 2.92. The van der Waals surface area contributed by atoms with Crippen molar-refractivity contribution in [1.29, 1.82) is 0 Å². The number of nitrogens with two attached hydrogens (primary N) is 1. The minimum atomic E-state index is -1.02. The summed E-state index contributed by atoms with van der Waals surface area (Å²) in [6.07, 6.45) is -0.110. The number of rotatable bonds is 3. The Morgan fingerprint density at radius 3 is 2.40 bits per heavy atom. The number of hydrogen-bond donors (Lipinski definition) is 2. The molecule has 1 saturated carbocycles. The van der Waals surface area contributed by atoms with E-state index in [1.807, 2.05) is 30.3 Å². The number of benzene rings is 1. The molecule has 0 aliphatic heterocycles. The van der Waals surface area contributed by atoms with Gasteiger partial charge in [0.1, 0.15) is 11.1 Å². The zero-order chi connectivity index (χ0) is 15.0. The molecule has 108 valence electrons. The molecule has 2 unspecified atom stereocenters. The fourth-order valence-corrected chi connectivity index (χ4v) is 2.31. The van der Waals surface area contributed by atoms with E-state index in [0.29, 0.717) is 6.42 Å². The highest BCUT2D eigenvalue weighted by Crippen LogP contribution is 2.51. The lowest BCUT2D eigenvalue weighted by atomic mass is 10.1. The van der Waals surface area contributed by atoms with Gasteiger partial charge >= 0.3 is 6.09 Å². The first-order valence-electron chi connectivity index (χ1n) is 6.61. The molecule has 20 heavy (non-hydrogen) atoms. The number of amides is 2. The fourth-order valence-electron chi connectivity index (χ4n) is 2.31. The summed E-state index contributed by atoms with van der Waals surface area (Å²) < 4.78 is 5.19. The average Bonchev–Trinajstić information content (AvgIpc) is 3.03. The van der Waals surface area contributed by atoms with E-state index in [1.54, 1.807) is 20.8 Å². The third-order valence-corrected chi connectivity index (χ3v) is 3.33. The molecule has 1 fully saturated rings. The summed E-state index contributed by atoms with van der Waals surface area (Å²) in [6, 6.07) is 9.54. The van der Waals surface area contributed by atoms with Crippen molar-refractivity contribution in [3.05, 3.63) is 35.9 Å². The maximum absolute atomic E-state index is 11.9. The van der Waals surface area contributed by atoms with Crippen molar-refractivity contribution in [1.82, 2.24) is 5.32 Å². The summed E-state index contributed by atoms with van der Waals surface area (Å²) in [5, 5.41) is 2.64. The third-order valence-electron chi connectivity index (χ3n) is 3.33. The van der Waals surface area contributed by atoms with Gasteiger partial charge in [-0.3, -0.25) is 4.79 Å². The molecule has 5 heteroatoms. The molecule has 5 nitrogen and oxygen atoms in total. The number of carbonyl (C=O) groups is 2. The SMILES string of the molecule is CC(C)(C)OC(=O)NC1(C(N)=O)CC1c1ccccc1. The van der Waals surface area contributed by atoms with Crippen LogP contribution in [0.25, 0.3) is 0 Å². The van der Waals surface area contributed by atoms with Crippen molar-refractivity contribution in [2.75, 3.05) is 0 Å². The molecule has 0 spiro atoms. The molecule has 0 heterocycles. The molecule has 0 aromatic heterocycles. The van der Waals surface area contributed by atoms with E-state index in [4.69, 9.17) is 10.5 Å². The smallest absolute Gasteiger partial charge is 0.408 e. The van der Waals surface area contributed by atoms with Gasteiger partial charge in [0.2, 0.25) is 5.91 Å². The summed E-state index contributed by atoms with van der Waals surface area (Å²) >= 11 is 0. The number of primary amides is 1. The zero-order valence-electron chi connectivity index (χ0n) is 12.0. The Bertz CT molecular complexity index is 522. The van der Waals surface area contributed by atoms with Crippen molar-refractivity contribution in [3.8, 4) is 0 Å². The second-order valence-corrected chi connectivity index (χ2v) is 6.13. The van der Waals surface area contributed by atoms with E-state index < -0.39 is 23.1 Å². The molecule has 1 aliphatic rings. The lowest BCUT2D eigenvalue weighted by molar-refractivity contribution is -0.121. The molecule has 2 rings (SSSR count). The predicted molar refractivity (Wildman–Crippen MR) is 75.1 cm³/mol. The van der Waals surface area contributed by atoms with Crippen LogP contribution in [0.2, 0.25) is 0 Å². The number of carbonyl (C=O) groups excluding carboxylic acids is 2. The van der Waals surface area contributed by atoms with Gasteiger partial charge in [0.25, 0.3) is 0 Å². The van der Waals surface area contributed by atoms with Crippen molar-refractivity contribution < 1.29 is 14.3 Å². The molecule has 2 amide bonds. The lowest BCUT2D eigenvalue weighted by Crippen LogP contribution is -2.49. The van der Waals surface area contributed by atoms with Crippen molar-refractivity contribution in [2.24, 2.45) is 5.73 Å². The van der Waals surface area contributed by atoms with E-state index >= 15 is 0 Å². The summed E-state index contributed by atoms with van der Waals surface area (Å²) in [7, 11) is 0. The summed E-state index contributed by atoms with van der Waals surface area (Å²) in [4.78, 5) is 23.6. The van der Waals surface area contributed by atoms with Gasteiger partial charge in [-0.25, -0.2) is 4.79 Å². The molecule has 1 aromatic carbocycles. The molecule has 1 aromatic rings. The Hall–Kier alpha value is -2.04. The van der Waals surface area contributed by atoms with E-state index in [-0.39, 0.29) is 5.92 Å². The van der Waals surface area contributed by atoms with E-state index in [1.165, 1.54) is 0 Å². The highest BCUT2D eigenvalue weighted by molar-refractivity contribution is 5.93. The molecular weight excluding hydrogens is 256 g/mol. The second kappa shape index (κ2) is 4.81. The summed E-state index contributed by atoms with van der Waals surface area (Å²) in [6.45, 7) is 5.31. The van der Waals surface area contributed by atoms with Gasteiger partial charge in [-0.2, -0.15) is 0 Å². The number of alkyl carbamates (subject to hydrolysis) is 1. The van der Waals surface area contributed by atoms with Gasteiger partial charge in [0, 0.05) is 5.92 Å². The number of ether oxygens (including phenoxy) is 1. The molecule has 2 atom stereocenters. The van der Waals surface area contributed by atoms with Crippen LogP contribution in [-0.2, 0) is 9.53 Å². The van der Waals surface area contributed by atoms with Gasteiger partial charge < -0.3 is 15.8 Å². The highest BCUT2D eigenvalue weighted by Gasteiger charge is 2.61. The Morgan fingerprint density at radius 1 is 1.30 bits per heavy atom. The molecule has 0 saturated heterocycles. The predicted octanol–water partition coefficient (Wildman–Crippen LogP) is 1.92. The van der Waals surface area contributed by atoms with Crippen LogP contribution in [0, 0.1) is 0 Å². The van der Waals surface area contributed by atoms with Crippen LogP contribution in [0.4, 0.5) is 4.79 Å². The minimum absolute atomic E-state index is 0.0891. The van der Waals surface area contributed by atoms with Crippen LogP contribution in [0.5, 0.6) is 0 Å². The fraction of sp³-hybridized carbons (Fsp3) is 0.467. The van der Waals surface area contributed by atoms with Gasteiger partial charge in [-0.15, -0.1) is 0 Å². The van der Waals surface area contributed by atoms with Crippen LogP contribution >= 0.6 is 0 Å². The second-order valence-electron chi connectivity index (χ2n) is 6.13. The molecule has 0 radical (unpaired) electrons. The monoisotopic (exact) mass is 276 g/mol. The maximum Gasteiger partial charge on any atom is 0.408 e. The standard InChI is InChI=1S/C15H20N2O3/c1-14(2,3)20-13(19)17-15(12(16)18)9-11(15)10-7-5-4-6-8-10/h4-8,11H,9H2,1-3H3,(H2,16,18)(H,17,19). The molecule has 3 N–H and O–H groups in total. The van der Waals surface area contributed by atoms with Crippen molar-refractivity contribution in [2.45, 2.75) is 44.2 Å². The Kier molecular flexibility index (Phi) is 3.46. The first-order valence-corrected chi connectivity index (χ1v) is 6.61. The largest absolute Gasteiger partial charge is 0.444 e. The van der Waals surface area contributed by atoms with Gasteiger partial charge in [0.15, 0.2) is 0 Å². The van der Waals surface area contributed by atoms with Crippen LogP contribution in [0.15, 0.2) is 30.3 Å². The maximum atomic E-state index is 11.9. The molecule has 1 aliphatic carbocycles. The zero-order valence-corrected chi connectivity index (χ0v) is 12.0. The van der Waals surface area contributed by atoms with E-state index in [0.717, 1.165) is 5.56 Å². The Balaban J connectivity index is 2.11. The first-order chi connectivity index (χ1) is 9.24. The van der Waals surface area contributed by atoms with Gasteiger partial charge in [0.05, 0.1) is 0 Å². The molecular formula is C15H20N2O3. The highest BCUT2D eigenvalue weighted by atomic mass is 16.6. The van der Waals surface area contributed by atoms with Crippen LogP contribution in [0.1, 0.15) is 38.7 Å². The van der Waals surface area contributed by atoms with Gasteiger partial charge in [-0.05, 0) is 32.8 Å². The van der Waals surface area contributed by atoms with E-state index in [9.17, 15) is 9.59 Å². The first kappa shape index (κ1) is 14.4. The van der Waals surface area contributed by atoms with Crippen LogP contribution in [0.3, 0.4) is 0 Å². The van der Waals surface area contributed by atoms with Crippen molar-refractivity contribution >= 4 is 12.0 Å². The quantitative estimate of drug-likeness (QED) is 0.885. The van der Waals surface area contributed by atoms with Crippen LogP contribution < -0.4 is 11.1 Å². The average molecular weight is 276 g/mol. The normalized spacial score (nSPS) is 24.9. The summed E-state index contributed by atoms with van der Waals surface area (Å²) in [5.74, 6) is -0.620. The molecule has 0 bridgehead atoms.